The second-order valence-corrected chi connectivity index (χ2v) is 9.28. The molecule has 1 unspecified atom stereocenters. The number of allylic oxidation sites excluding steroid dienone is 1. The molecular weight excluding hydrogens is 390 g/mol. The van der Waals surface area contributed by atoms with Crippen molar-refractivity contribution < 1.29 is 14.6 Å². The molecule has 1 fully saturated rings. The number of aliphatic hydroxyl groups excluding tert-OH is 1. The molecule has 1 aromatic carbocycles. The van der Waals surface area contributed by atoms with Crippen molar-refractivity contribution in [1.82, 2.24) is 4.90 Å². The first-order valence-electron chi connectivity index (χ1n) is 11.4. The zero-order chi connectivity index (χ0) is 22.4. The summed E-state index contributed by atoms with van der Waals surface area (Å²) in [5.74, 6) is 0.415. The first-order valence-corrected chi connectivity index (χ1v) is 11.4. The minimum Gasteiger partial charge on any atom is -0.445 e. The monoisotopic (exact) mass is 427 g/mol. The van der Waals surface area contributed by atoms with Crippen LogP contribution < -0.4 is 5.73 Å². The second kappa shape index (κ2) is 10.4. The summed E-state index contributed by atoms with van der Waals surface area (Å²) >= 11 is 0. The molecule has 3 N–H and O–H groups in total. The Morgan fingerprint density at radius 1 is 1.35 bits per heavy atom. The molecule has 0 radical (unpaired) electrons. The highest BCUT2D eigenvalue weighted by Crippen LogP contribution is 2.40. The molecule has 0 saturated heterocycles. The summed E-state index contributed by atoms with van der Waals surface area (Å²) in [5.41, 5.74) is 10.4. The number of carbonyl (C=O) groups excluding carboxylic acids is 1. The number of amides is 1. The molecule has 31 heavy (non-hydrogen) atoms. The van der Waals surface area contributed by atoms with Crippen molar-refractivity contribution in [3.05, 3.63) is 47.2 Å². The first-order chi connectivity index (χ1) is 14.8. The molecule has 0 aromatic heterocycles. The fourth-order valence-electron chi connectivity index (χ4n) is 4.82. The number of benzene rings is 1. The third kappa shape index (κ3) is 5.95. The number of aliphatic imine (C=N–C) groups is 1. The molecule has 1 saturated carbocycles. The molecule has 1 amide bonds. The van der Waals surface area contributed by atoms with Crippen LogP contribution in [0.3, 0.4) is 0 Å². The van der Waals surface area contributed by atoms with Crippen molar-refractivity contribution >= 4 is 12.8 Å². The summed E-state index contributed by atoms with van der Waals surface area (Å²) in [4.78, 5) is 18.2. The van der Waals surface area contributed by atoms with Crippen molar-refractivity contribution in [3.63, 3.8) is 0 Å². The van der Waals surface area contributed by atoms with Crippen LogP contribution in [0.15, 0.2) is 35.5 Å². The lowest BCUT2D eigenvalue weighted by atomic mass is 9.85. The van der Waals surface area contributed by atoms with Crippen molar-refractivity contribution in [2.75, 3.05) is 19.7 Å². The number of hydrogen-bond acceptors (Lipinski definition) is 5. The molecule has 3 atom stereocenters. The lowest BCUT2D eigenvalue weighted by molar-refractivity contribution is 0.0642. The van der Waals surface area contributed by atoms with Crippen LogP contribution in [0.1, 0.15) is 68.1 Å². The van der Waals surface area contributed by atoms with Crippen molar-refractivity contribution in [2.24, 2.45) is 10.7 Å². The van der Waals surface area contributed by atoms with E-state index in [0.29, 0.717) is 24.7 Å². The van der Waals surface area contributed by atoms with Crippen LogP contribution in [0.4, 0.5) is 4.79 Å². The van der Waals surface area contributed by atoms with Crippen molar-refractivity contribution in [2.45, 2.75) is 75.9 Å². The number of aliphatic hydroxyl groups is 1. The average molecular weight is 428 g/mol. The standard InChI is InChI=1S/C25H37N3O3/c1-18(2)28(13-5-4-12-27-3)24(30)31-23-9-8-19-14-20(6-7-21(19)15-23)22-10-11-25(26,16-22)17-29/h6-7,14,22-23,29H,1,3-5,8-13,15-17,26H2,2H3/t22-,23?,25+/m0/s1. The van der Waals surface area contributed by atoms with E-state index in [-0.39, 0.29) is 18.8 Å². The van der Waals surface area contributed by atoms with Gasteiger partial charge in [0, 0.05) is 30.7 Å². The highest BCUT2D eigenvalue weighted by atomic mass is 16.6. The number of rotatable bonds is 9. The number of nitrogens with two attached hydrogens (primary N) is 1. The second-order valence-electron chi connectivity index (χ2n) is 9.28. The van der Waals surface area contributed by atoms with Crippen LogP contribution in [0, 0.1) is 0 Å². The van der Waals surface area contributed by atoms with E-state index in [9.17, 15) is 9.90 Å². The average Bonchev–Trinajstić information content (AvgIpc) is 3.16. The SMILES string of the molecule is C=NCCCCN(C(=C)C)C(=O)OC1CCc2cc([C@H]3CC[C@](N)(CO)C3)ccc2C1. The van der Waals surface area contributed by atoms with Crippen LogP contribution in [0.5, 0.6) is 0 Å². The van der Waals surface area contributed by atoms with Gasteiger partial charge in [-0.2, -0.15) is 0 Å². The van der Waals surface area contributed by atoms with Crippen LogP contribution in [-0.4, -0.2) is 54.2 Å². The van der Waals surface area contributed by atoms with Gasteiger partial charge in [0.2, 0.25) is 0 Å². The van der Waals surface area contributed by atoms with E-state index in [1.807, 2.05) is 6.92 Å². The van der Waals surface area contributed by atoms with Crippen LogP contribution >= 0.6 is 0 Å². The normalized spacial score (nSPS) is 25.0. The third-order valence-electron chi connectivity index (χ3n) is 6.74. The predicted molar refractivity (Wildman–Crippen MR) is 125 cm³/mol. The van der Waals surface area contributed by atoms with Gasteiger partial charge >= 0.3 is 6.09 Å². The summed E-state index contributed by atoms with van der Waals surface area (Å²) in [6, 6.07) is 6.67. The Morgan fingerprint density at radius 2 is 2.16 bits per heavy atom. The maximum absolute atomic E-state index is 12.7. The van der Waals surface area contributed by atoms with E-state index < -0.39 is 5.54 Å². The minimum atomic E-state index is -0.433. The number of fused-ring (bicyclic) bond motifs is 1. The number of hydrogen-bond donors (Lipinski definition) is 2. The van der Waals surface area contributed by atoms with Crippen molar-refractivity contribution in [1.29, 1.82) is 0 Å². The smallest absolute Gasteiger partial charge is 0.414 e. The fourth-order valence-corrected chi connectivity index (χ4v) is 4.82. The first kappa shape index (κ1) is 23.5. The van der Waals surface area contributed by atoms with Gasteiger partial charge in [-0.1, -0.05) is 24.8 Å². The molecule has 170 valence electrons. The summed E-state index contributed by atoms with van der Waals surface area (Å²) in [7, 11) is 0. The topological polar surface area (TPSA) is 88.2 Å². The van der Waals surface area contributed by atoms with E-state index in [2.05, 4.69) is 36.5 Å². The summed E-state index contributed by atoms with van der Waals surface area (Å²) in [5, 5.41) is 9.55. The van der Waals surface area contributed by atoms with E-state index in [0.717, 1.165) is 51.4 Å². The Labute approximate surface area is 186 Å². The Kier molecular flexibility index (Phi) is 7.89. The van der Waals surface area contributed by atoms with Gasteiger partial charge in [-0.05, 0) is 81.2 Å². The highest BCUT2D eigenvalue weighted by Gasteiger charge is 2.36. The van der Waals surface area contributed by atoms with E-state index in [1.165, 1.54) is 16.7 Å². The molecular formula is C25H37N3O3. The maximum atomic E-state index is 12.7. The van der Waals surface area contributed by atoms with Crippen LogP contribution in [-0.2, 0) is 17.6 Å². The molecule has 3 rings (SSSR count). The molecule has 0 spiro atoms. The van der Waals surface area contributed by atoms with Gasteiger partial charge in [0.05, 0.1) is 6.61 Å². The third-order valence-corrected chi connectivity index (χ3v) is 6.74. The highest BCUT2D eigenvalue weighted by molar-refractivity contribution is 5.70. The summed E-state index contributed by atoms with van der Waals surface area (Å²) in [6.45, 7) is 10.6. The van der Waals surface area contributed by atoms with Crippen LogP contribution in [0.25, 0.3) is 0 Å². The van der Waals surface area contributed by atoms with Crippen LogP contribution in [0.2, 0.25) is 0 Å². The molecule has 2 aliphatic carbocycles. The lowest BCUT2D eigenvalue weighted by Crippen LogP contribution is -2.40. The van der Waals surface area contributed by atoms with Gasteiger partial charge in [0.1, 0.15) is 6.10 Å². The maximum Gasteiger partial charge on any atom is 0.414 e. The van der Waals surface area contributed by atoms with Gasteiger partial charge in [0.25, 0.3) is 0 Å². The van der Waals surface area contributed by atoms with Crippen molar-refractivity contribution in [3.8, 4) is 0 Å². The quantitative estimate of drug-likeness (QED) is 0.461. The van der Waals surface area contributed by atoms with E-state index in [1.54, 1.807) is 4.90 Å². The number of ether oxygens (including phenoxy) is 1. The molecule has 6 heteroatoms. The van der Waals surface area contributed by atoms with Gasteiger partial charge in [0.15, 0.2) is 0 Å². The van der Waals surface area contributed by atoms with Gasteiger partial charge in [-0.15, -0.1) is 0 Å². The molecule has 1 aromatic rings. The molecule has 0 heterocycles. The molecule has 2 aliphatic rings. The van der Waals surface area contributed by atoms with E-state index in [4.69, 9.17) is 10.5 Å². The lowest BCUT2D eigenvalue weighted by Gasteiger charge is -2.29. The Bertz CT molecular complexity index is 809. The minimum absolute atomic E-state index is 0.0494. The number of unbranched alkanes of at least 4 members (excludes halogenated alkanes) is 1. The zero-order valence-electron chi connectivity index (χ0n) is 18.8. The zero-order valence-corrected chi connectivity index (χ0v) is 18.8. The predicted octanol–water partition coefficient (Wildman–Crippen LogP) is 3.95. The Morgan fingerprint density at radius 3 is 2.84 bits per heavy atom. The summed E-state index contributed by atoms with van der Waals surface area (Å²) in [6.07, 6.45) is 6.52. The number of nitrogens with zero attached hydrogens (tertiary/aromatic N) is 2. The molecule has 0 bridgehead atoms. The number of carbonyl (C=O) groups is 1. The Hall–Kier alpha value is -2.18. The largest absolute Gasteiger partial charge is 0.445 e. The molecule has 0 aliphatic heterocycles. The van der Waals surface area contributed by atoms with Gasteiger partial charge in [-0.25, -0.2) is 4.79 Å². The number of aryl methyl sites for hydroxylation is 1. The van der Waals surface area contributed by atoms with Gasteiger partial charge in [-0.3, -0.25) is 4.90 Å². The molecule has 6 nitrogen and oxygen atoms in total. The van der Waals surface area contributed by atoms with E-state index >= 15 is 0 Å². The fraction of sp³-hybridized carbons (Fsp3) is 0.600. The summed E-state index contributed by atoms with van der Waals surface area (Å²) < 4.78 is 5.85. The Balaban J connectivity index is 1.57. The van der Waals surface area contributed by atoms with Gasteiger partial charge < -0.3 is 20.6 Å².